The van der Waals surface area contributed by atoms with Gasteiger partial charge in [0.25, 0.3) is 0 Å². The molecule has 0 radical (unpaired) electrons. The predicted molar refractivity (Wildman–Crippen MR) is 131 cm³/mol. The predicted octanol–water partition coefficient (Wildman–Crippen LogP) is 2.26. The molecule has 0 atom stereocenters. The van der Waals surface area contributed by atoms with Crippen LogP contribution in [0.3, 0.4) is 0 Å². The Morgan fingerprint density at radius 1 is 1.00 bits per heavy atom. The van der Waals surface area contributed by atoms with Gasteiger partial charge in [0.2, 0.25) is 0 Å². The van der Waals surface area contributed by atoms with E-state index < -0.39 is 0 Å². The summed E-state index contributed by atoms with van der Waals surface area (Å²) in [7, 11) is 3.79. The molecule has 9 nitrogen and oxygen atoms in total. The highest BCUT2D eigenvalue weighted by molar-refractivity contribution is 5.88. The van der Waals surface area contributed by atoms with Gasteiger partial charge in [0.1, 0.15) is 11.3 Å². The first kappa shape index (κ1) is 22.9. The summed E-state index contributed by atoms with van der Waals surface area (Å²) in [6, 6.07) is 9.98. The summed E-state index contributed by atoms with van der Waals surface area (Å²) in [5.74, 6) is 2.24. The molecule has 5 rings (SSSR count). The van der Waals surface area contributed by atoms with Crippen molar-refractivity contribution in [2.75, 3.05) is 78.3 Å². The van der Waals surface area contributed by atoms with E-state index in [1.165, 1.54) is 5.56 Å². The SMILES string of the molecule is COCOc1cccc(-c2nc(N3CCOCC3)c3ncc(CN4CCN(C)CC4)cc3n2)c1. The Morgan fingerprint density at radius 2 is 1.82 bits per heavy atom. The summed E-state index contributed by atoms with van der Waals surface area (Å²) in [5.41, 5.74) is 3.77. The molecule has 0 spiro atoms. The van der Waals surface area contributed by atoms with Crippen LogP contribution in [0.1, 0.15) is 5.56 Å². The largest absolute Gasteiger partial charge is 0.468 e. The Balaban J connectivity index is 1.51. The van der Waals surface area contributed by atoms with Crippen molar-refractivity contribution in [2.24, 2.45) is 0 Å². The van der Waals surface area contributed by atoms with E-state index in [2.05, 4.69) is 27.8 Å². The van der Waals surface area contributed by atoms with Crippen LogP contribution >= 0.6 is 0 Å². The first-order chi connectivity index (χ1) is 16.7. The van der Waals surface area contributed by atoms with Crippen LogP contribution in [0.2, 0.25) is 0 Å². The van der Waals surface area contributed by atoms with Crippen molar-refractivity contribution in [3.8, 4) is 17.1 Å². The van der Waals surface area contributed by atoms with Gasteiger partial charge in [0.05, 0.1) is 18.7 Å². The van der Waals surface area contributed by atoms with Gasteiger partial charge < -0.3 is 24.0 Å². The number of methoxy groups -OCH3 is 1. The Labute approximate surface area is 200 Å². The lowest BCUT2D eigenvalue weighted by Gasteiger charge is -2.32. The van der Waals surface area contributed by atoms with Crippen molar-refractivity contribution < 1.29 is 14.2 Å². The number of benzene rings is 1. The summed E-state index contributed by atoms with van der Waals surface area (Å²) >= 11 is 0. The molecule has 0 bridgehead atoms. The first-order valence-corrected chi connectivity index (χ1v) is 11.8. The minimum absolute atomic E-state index is 0.195. The van der Waals surface area contributed by atoms with Crippen LogP contribution in [0.25, 0.3) is 22.4 Å². The summed E-state index contributed by atoms with van der Waals surface area (Å²) in [6.45, 7) is 8.33. The first-order valence-electron chi connectivity index (χ1n) is 11.8. The number of hydrogen-bond acceptors (Lipinski definition) is 9. The molecule has 9 heteroatoms. The van der Waals surface area contributed by atoms with Crippen LogP contribution in [0, 0.1) is 0 Å². The average molecular weight is 465 g/mol. The fourth-order valence-corrected chi connectivity index (χ4v) is 4.37. The molecule has 1 aromatic carbocycles. The quantitative estimate of drug-likeness (QED) is 0.490. The maximum atomic E-state index is 5.64. The molecule has 3 aromatic rings. The molecular formula is C25H32N6O3. The van der Waals surface area contributed by atoms with E-state index in [4.69, 9.17) is 29.2 Å². The maximum absolute atomic E-state index is 5.64. The summed E-state index contributed by atoms with van der Waals surface area (Å²) < 4.78 is 16.2. The molecule has 2 fully saturated rings. The third-order valence-corrected chi connectivity index (χ3v) is 6.32. The van der Waals surface area contributed by atoms with Crippen molar-refractivity contribution in [1.82, 2.24) is 24.8 Å². The normalized spacial score (nSPS) is 17.9. The molecule has 0 saturated carbocycles. The standard InChI is InChI=1S/C25H32N6O3/c1-29-6-8-30(9-7-29)17-19-14-22-23(26-16-19)25(31-10-12-33-13-11-31)28-24(27-22)20-4-3-5-21(15-20)34-18-32-2/h3-5,14-16H,6-13,17-18H2,1-2H3. The van der Waals surface area contributed by atoms with Gasteiger partial charge in [0, 0.05) is 64.7 Å². The molecular weight excluding hydrogens is 432 g/mol. The van der Waals surface area contributed by atoms with Crippen LogP contribution in [0.4, 0.5) is 5.82 Å². The van der Waals surface area contributed by atoms with Gasteiger partial charge in [0.15, 0.2) is 18.4 Å². The van der Waals surface area contributed by atoms with E-state index in [0.29, 0.717) is 19.0 Å². The van der Waals surface area contributed by atoms with E-state index >= 15 is 0 Å². The highest BCUT2D eigenvalue weighted by Gasteiger charge is 2.20. The third-order valence-electron chi connectivity index (χ3n) is 6.32. The molecule has 2 aliphatic rings. The number of morpholine rings is 1. The zero-order valence-electron chi connectivity index (χ0n) is 19.9. The zero-order valence-corrected chi connectivity index (χ0v) is 19.9. The van der Waals surface area contributed by atoms with Gasteiger partial charge in [-0.1, -0.05) is 12.1 Å². The number of aromatic nitrogens is 3. The van der Waals surface area contributed by atoms with Crippen LogP contribution in [-0.2, 0) is 16.0 Å². The van der Waals surface area contributed by atoms with Gasteiger partial charge in [-0.3, -0.25) is 9.88 Å². The monoisotopic (exact) mass is 464 g/mol. The maximum Gasteiger partial charge on any atom is 0.188 e. The Bertz CT molecular complexity index is 1110. The van der Waals surface area contributed by atoms with Crippen LogP contribution in [-0.4, -0.2) is 98.2 Å². The zero-order chi connectivity index (χ0) is 23.3. The fraction of sp³-hybridized carbons (Fsp3) is 0.480. The molecule has 2 aromatic heterocycles. The van der Waals surface area contributed by atoms with Crippen molar-refractivity contribution in [1.29, 1.82) is 0 Å². The highest BCUT2D eigenvalue weighted by Crippen LogP contribution is 2.29. The van der Waals surface area contributed by atoms with E-state index in [9.17, 15) is 0 Å². The number of piperazine rings is 1. The minimum Gasteiger partial charge on any atom is -0.468 e. The molecule has 2 saturated heterocycles. The van der Waals surface area contributed by atoms with Gasteiger partial charge in [-0.25, -0.2) is 9.97 Å². The molecule has 180 valence electrons. The molecule has 34 heavy (non-hydrogen) atoms. The number of fused-ring (bicyclic) bond motifs is 1. The van der Waals surface area contributed by atoms with Gasteiger partial charge >= 0.3 is 0 Å². The van der Waals surface area contributed by atoms with Gasteiger partial charge in [-0.05, 0) is 30.8 Å². The Hall–Kier alpha value is -2.85. The van der Waals surface area contributed by atoms with Gasteiger partial charge in [-0.2, -0.15) is 0 Å². The Kier molecular flexibility index (Phi) is 7.15. The van der Waals surface area contributed by atoms with E-state index in [0.717, 1.165) is 74.0 Å². The second-order valence-corrected chi connectivity index (χ2v) is 8.84. The van der Waals surface area contributed by atoms with Crippen molar-refractivity contribution in [3.63, 3.8) is 0 Å². The van der Waals surface area contributed by atoms with E-state index in [-0.39, 0.29) is 6.79 Å². The van der Waals surface area contributed by atoms with E-state index in [1.807, 2.05) is 30.5 Å². The average Bonchev–Trinajstić information content (AvgIpc) is 2.88. The van der Waals surface area contributed by atoms with Crippen LogP contribution in [0.5, 0.6) is 5.75 Å². The second-order valence-electron chi connectivity index (χ2n) is 8.84. The number of hydrogen-bond donors (Lipinski definition) is 0. The van der Waals surface area contributed by atoms with E-state index in [1.54, 1.807) is 7.11 Å². The minimum atomic E-state index is 0.195. The van der Waals surface area contributed by atoms with Crippen LogP contribution in [0.15, 0.2) is 36.5 Å². The molecule has 0 amide bonds. The Morgan fingerprint density at radius 3 is 2.62 bits per heavy atom. The van der Waals surface area contributed by atoms with Gasteiger partial charge in [-0.15, -0.1) is 0 Å². The topological polar surface area (TPSA) is 76.1 Å². The highest BCUT2D eigenvalue weighted by atomic mass is 16.7. The number of rotatable bonds is 7. The lowest BCUT2D eigenvalue weighted by Crippen LogP contribution is -2.43. The lowest BCUT2D eigenvalue weighted by atomic mass is 10.1. The number of anilines is 1. The molecule has 2 aliphatic heterocycles. The fourth-order valence-electron chi connectivity index (χ4n) is 4.37. The van der Waals surface area contributed by atoms with Crippen molar-refractivity contribution in [3.05, 3.63) is 42.1 Å². The second kappa shape index (κ2) is 10.6. The molecule has 0 aliphatic carbocycles. The number of likely N-dealkylation sites (N-methyl/N-ethyl adjacent to an activating group) is 1. The molecule has 0 N–H and O–H groups in total. The lowest BCUT2D eigenvalue weighted by molar-refractivity contribution is 0.0511. The third kappa shape index (κ3) is 5.28. The number of nitrogens with zero attached hydrogens (tertiary/aromatic N) is 6. The summed E-state index contributed by atoms with van der Waals surface area (Å²) in [4.78, 5) is 21.8. The van der Waals surface area contributed by atoms with Crippen LogP contribution < -0.4 is 9.64 Å². The summed E-state index contributed by atoms with van der Waals surface area (Å²) in [6.07, 6.45) is 1.98. The molecule has 0 unspecified atom stereocenters. The smallest absolute Gasteiger partial charge is 0.188 e. The molecule has 4 heterocycles. The van der Waals surface area contributed by atoms with Crippen molar-refractivity contribution >= 4 is 16.9 Å². The number of pyridine rings is 1. The summed E-state index contributed by atoms with van der Waals surface area (Å²) in [5, 5.41) is 0. The number of ether oxygens (including phenoxy) is 3. The van der Waals surface area contributed by atoms with Crippen molar-refractivity contribution in [2.45, 2.75) is 6.54 Å².